The Balaban J connectivity index is 1.75. The zero-order valence-corrected chi connectivity index (χ0v) is 18.6. The molecule has 164 valence electrons. The largest absolute Gasteiger partial charge is 0.389 e. The van der Waals surface area contributed by atoms with Crippen molar-refractivity contribution >= 4 is 21.6 Å². The number of methoxy groups -OCH3 is 1. The number of hydrogen-bond acceptors (Lipinski definition) is 7. The monoisotopic (exact) mass is 433 g/mol. The van der Waals surface area contributed by atoms with Crippen molar-refractivity contribution in [3.63, 3.8) is 0 Å². The van der Waals surface area contributed by atoms with Crippen molar-refractivity contribution in [2.24, 2.45) is 5.92 Å². The van der Waals surface area contributed by atoms with E-state index in [0.29, 0.717) is 38.0 Å². The molecule has 0 aliphatic heterocycles. The summed E-state index contributed by atoms with van der Waals surface area (Å²) >= 11 is 1.65. The van der Waals surface area contributed by atoms with Crippen molar-refractivity contribution in [1.82, 2.24) is 14.9 Å². The third-order valence-electron chi connectivity index (χ3n) is 5.38. The molecular formula is C22H31N3O4S. The molecule has 7 nitrogen and oxygen atoms in total. The molecule has 8 heteroatoms. The summed E-state index contributed by atoms with van der Waals surface area (Å²) in [7, 11) is 1.67. The molecule has 0 radical (unpaired) electrons. The summed E-state index contributed by atoms with van der Waals surface area (Å²) in [6.45, 7) is 4.78. The Bertz CT molecular complexity index is 933. The SMILES string of the molecule is C#CCOCC(O)CN(CCCOC)Cc1nc2sc3c(c2c(=O)[nH]1)CCC(C)C3. The van der Waals surface area contributed by atoms with Crippen LogP contribution in [0.1, 0.15) is 36.0 Å². The summed E-state index contributed by atoms with van der Waals surface area (Å²) in [5.41, 5.74) is 1.13. The molecule has 2 aromatic rings. The molecule has 0 saturated carbocycles. The maximum absolute atomic E-state index is 12.8. The standard InChI is InChI=1S/C22H31N3O4S/c1-4-9-29-14-16(26)12-25(8-5-10-28-3)13-19-23-21(27)20-17-7-6-15(2)11-18(17)30-22(20)24-19/h1,15-16,26H,5-14H2,2-3H3,(H,23,24,27). The summed E-state index contributed by atoms with van der Waals surface area (Å²) < 4.78 is 10.4. The van der Waals surface area contributed by atoms with Crippen molar-refractivity contribution in [3.8, 4) is 12.3 Å². The van der Waals surface area contributed by atoms with Crippen LogP contribution < -0.4 is 5.56 Å². The van der Waals surface area contributed by atoms with Gasteiger partial charge in [-0.25, -0.2) is 4.98 Å². The predicted octanol–water partition coefficient (Wildman–Crippen LogP) is 1.96. The van der Waals surface area contributed by atoms with Crippen LogP contribution in [0.5, 0.6) is 0 Å². The molecule has 2 heterocycles. The highest BCUT2D eigenvalue weighted by Crippen LogP contribution is 2.35. The Morgan fingerprint density at radius 1 is 1.50 bits per heavy atom. The fraction of sp³-hybridized carbons (Fsp3) is 0.636. The fourth-order valence-corrected chi connectivity index (χ4v) is 5.35. The Hall–Kier alpha value is -1.76. The number of aliphatic hydroxyl groups excluding tert-OH is 1. The average Bonchev–Trinajstić information content (AvgIpc) is 3.06. The summed E-state index contributed by atoms with van der Waals surface area (Å²) in [6.07, 6.45) is 8.41. The maximum Gasteiger partial charge on any atom is 0.259 e. The van der Waals surface area contributed by atoms with Crippen LogP contribution in [0, 0.1) is 18.3 Å². The van der Waals surface area contributed by atoms with E-state index in [9.17, 15) is 9.90 Å². The van der Waals surface area contributed by atoms with Gasteiger partial charge in [0.05, 0.1) is 24.6 Å². The van der Waals surface area contributed by atoms with Gasteiger partial charge in [-0.3, -0.25) is 9.69 Å². The highest BCUT2D eigenvalue weighted by Gasteiger charge is 2.23. The molecule has 0 fully saturated rings. The van der Waals surface area contributed by atoms with Gasteiger partial charge in [0.15, 0.2) is 0 Å². The first-order chi connectivity index (χ1) is 14.5. The van der Waals surface area contributed by atoms with E-state index in [2.05, 4.69) is 22.7 Å². The molecule has 1 aliphatic carbocycles. The summed E-state index contributed by atoms with van der Waals surface area (Å²) in [5.74, 6) is 3.66. The topological polar surface area (TPSA) is 87.7 Å². The number of rotatable bonds is 11. The Kier molecular flexibility index (Phi) is 8.42. The van der Waals surface area contributed by atoms with Crippen LogP contribution in [0.3, 0.4) is 0 Å². The van der Waals surface area contributed by atoms with E-state index in [4.69, 9.17) is 20.9 Å². The lowest BCUT2D eigenvalue weighted by molar-refractivity contribution is 0.0239. The van der Waals surface area contributed by atoms with E-state index in [1.807, 2.05) is 0 Å². The van der Waals surface area contributed by atoms with Crippen LogP contribution >= 0.6 is 11.3 Å². The van der Waals surface area contributed by atoms with E-state index in [1.54, 1.807) is 18.4 Å². The fourth-order valence-electron chi connectivity index (χ4n) is 3.95. The summed E-state index contributed by atoms with van der Waals surface area (Å²) in [4.78, 5) is 24.8. The molecule has 3 rings (SSSR count). The average molecular weight is 434 g/mol. The second-order valence-electron chi connectivity index (χ2n) is 8.00. The first-order valence-corrected chi connectivity index (χ1v) is 11.3. The molecule has 0 spiro atoms. The van der Waals surface area contributed by atoms with Gasteiger partial charge in [0.2, 0.25) is 0 Å². The molecule has 2 N–H and O–H groups in total. The number of aromatic amines is 1. The Labute approximate surface area is 181 Å². The van der Waals surface area contributed by atoms with Crippen LogP contribution in [-0.2, 0) is 28.9 Å². The molecule has 2 aromatic heterocycles. The number of aliphatic hydroxyl groups is 1. The molecule has 1 aliphatic rings. The number of fused-ring (bicyclic) bond motifs is 3. The number of nitrogens with one attached hydrogen (secondary N) is 1. The molecule has 0 amide bonds. The molecule has 30 heavy (non-hydrogen) atoms. The van der Waals surface area contributed by atoms with E-state index >= 15 is 0 Å². The minimum atomic E-state index is -0.674. The molecule has 0 bridgehead atoms. The third kappa shape index (κ3) is 5.90. The quantitative estimate of drug-likeness (QED) is 0.416. The van der Waals surface area contributed by atoms with Gasteiger partial charge in [0.25, 0.3) is 5.56 Å². The second kappa shape index (κ2) is 11.0. The number of ether oxygens (including phenoxy) is 2. The third-order valence-corrected chi connectivity index (χ3v) is 6.52. The van der Waals surface area contributed by atoms with Crippen LogP contribution in [0.4, 0.5) is 0 Å². The normalized spacial score (nSPS) is 17.2. The van der Waals surface area contributed by atoms with E-state index in [-0.39, 0.29) is 18.8 Å². The lowest BCUT2D eigenvalue weighted by Gasteiger charge is -2.24. The molecule has 0 saturated heterocycles. The van der Waals surface area contributed by atoms with Gasteiger partial charge in [0, 0.05) is 31.7 Å². The number of terminal acetylenes is 1. The van der Waals surface area contributed by atoms with E-state index in [1.165, 1.54) is 10.4 Å². The number of nitrogens with zero attached hydrogens (tertiary/aromatic N) is 2. The van der Waals surface area contributed by atoms with Crippen LogP contribution in [0.2, 0.25) is 0 Å². The lowest BCUT2D eigenvalue weighted by Crippen LogP contribution is -2.36. The maximum atomic E-state index is 12.8. The van der Waals surface area contributed by atoms with Gasteiger partial charge in [-0.1, -0.05) is 12.8 Å². The number of hydrogen-bond donors (Lipinski definition) is 2. The highest BCUT2D eigenvalue weighted by molar-refractivity contribution is 7.18. The van der Waals surface area contributed by atoms with E-state index < -0.39 is 6.10 Å². The van der Waals surface area contributed by atoms with Gasteiger partial charge >= 0.3 is 0 Å². The van der Waals surface area contributed by atoms with Gasteiger partial charge in [-0.15, -0.1) is 17.8 Å². The number of H-pyrrole nitrogens is 1. The van der Waals surface area contributed by atoms with Crippen molar-refractivity contribution in [2.45, 2.75) is 45.3 Å². The minimum absolute atomic E-state index is 0.0585. The zero-order valence-electron chi connectivity index (χ0n) is 17.8. The predicted molar refractivity (Wildman–Crippen MR) is 119 cm³/mol. The minimum Gasteiger partial charge on any atom is -0.389 e. The van der Waals surface area contributed by atoms with Gasteiger partial charge in [-0.2, -0.15) is 0 Å². The van der Waals surface area contributed by atoms with Crippen LogP contribution in [0.25, 0.3) is 10.2 Å². The highest BCUT2D eigenvalue weighted by atomic mass is 32.1. The molecule has 0 aromatic carbocycles. The first-order valence-electron chi connectivity index (χ1n) is 10.5. The zero-order chi connectivity index (χ0) is 21.5. The number of aromatic nitrogens is 2. The second-order valence-corrected chi connectivity index (χ2v) is 9.08. The number of aryl methyl sites for hydroxylation is 1. The lowest BCUT2D eigenvalue weighted by atomic mass is 9.89. The summed E-state index contributed by atoms with van der Waals surface area (Å²) in [5, 5.41) is 11.0. The van der Waals surface area contributed by atoms with E-state index in [0.717, 1.165) is 35.9 Å². The Morgan fingerprint density at radius 2 is 2.33 bits per heavy atom. The summed E-state index contributed by atoms with van der Waals surface area (Å²) in [6, 6.07) is 0. The van der Waals surface area contributed by atoms with Gasteiger partial charge in [0.1, 0.15) is 17.3 Å². The Morgan fingerprint density at radius 3 is 3.10 bits per heavy atom. The van der Waals surface area contributed by atoms with Crippen LogP contribution in [0.15, 0.2) is 4.79 Å². The smallest absolute Gasteiger partial charge is 0.259 e. The molecule has 2 atom stereocenters. The van der Waals surface area contributed by atoms with Gasteiger partial charge in [-0.05, 0) is 37.2 Å². The van der Waals surface area contributed by atoms with Crippen molar-refractivity contribution in [1.29, 1.82) is 0 Å². The number of thiophene rings is 1. The van der Waals surface area contributed by atoms with Crippen LogP contribution in [-0.4, -0.2) is 66.1 Å². The van der Waals surface area contributed by atoms with Crippen molar-refractivity contribution in [2.75, 3.05) is 40.0 Å². The first kappa shape index (κ1) is 22.9. The van der Waals surface area contributed by atoms with Crippen molar-refractivity contribution in [3.05, 3.63) is 26.6 Å². The van der Waals surface area contributed by atoms with Crippen molar-refractivity contribution < 1.29 is 14.6 Å². The molecular weight excluding hydrogens is 402 g/mol. The molecule has 2 unspecified atom stereocenters. The van der Waals surface area contributed by atoms with Gasteiger partial charge < -0.3 is 19.6 Å².